The second kappa shape index (κ2) is 13.0. The van der Waals surface area contributed by atoms with E-state index >= 15 is 8.78 Å². The molecule has 3 amide bonds. The zero-order chi connectivity index (χ0) is 32.5. The molecule has 5 rings (SSSR count). The minimum absolute atomic E-state index is 0.0870. The molecule has 3 aliphatic rings. The standard InChI is InChI=1S/C28H36ClF2N9O4S/c29-23-13-18(28(30,31)17-1-3-20(4-2-17)35-27(42)37-26(33)34)14-24(36-23)38-9-11-39(12-10-38)45(43,44)22-7-5-21(6-8-22)40-16-19(32)15-25(40)41/h5-8,13-14,17,19-20H,1-4,9-12,15-16,32H2,(H5,33,34,35,37,42)/t17?,19-,20?/m1/s1. The van der Waals surface area contributed by atoms with Crippen LogP contribution in [-0.2, 0) is 20.7 Å². The van der Waals surface area contributed by atoms with E-state index in [1.54, 1.807) is 17.0 Å². The third-order valence-electron chi connectivity index (χ3n) is 8.47. The van der Waals surface area contributed by atoms with Gasteiger partial charge in [-0.15, -0.1) is 0 Å². The second-order valence-electron chi connectivity index (χ2n) is 11.5. The van der Waals surface area contributed by atoms with Crippen molar-refractivity contribution in [1.82, 2.24) is 14.6 Å². The van der Waals surface area contributed by atoms with Crippen molar-refractivity contribution in [3.05, 3.63) is 47.1 Å². The van der Waals surface area contributed by atoms with Crippen molar-refractivity contribution in [2.45, 2.75) is 55.0 Å². The van der Waals surface area contributed by atoms with Crippen LogP contribution in [-0.4, -0.2) is 80.4 Å². The van der Waals surface area contributed by atoms with Crippen LogP contribution in [0.5, 0.6) is 0 Å². The van der Waals surface area contributed by atoms with Gasteiger partial charge in [0, 0.05) is 68.4 Å². The first-order valence-electron chi connectivity index (χ1n) is 14.6. The van der Waals surface area contributed by atoms with Crippen molar-refractivity contribution in [3.8, 4) is 0 Å². The maximum Gasteiger partial charge on any atom is 0.344 e. The number of piperazine rings is 1. The fourth-order valence-electron chi connectivity index (χ4n) is 6.09. The summed E-state index contributed by atoms with van der Waals surface area (Å²) < 4.78 is 59.5. The number of pyridine rings is 1. The van der Waals surface area contributed by atoms with Crippen molar-refractivity contribution >= 4 is 51.0 Å². The van der Waals surface area contributed by atoms with Crippen molar-refractivity contribution < 1.29 is 26.8 Å². The van der Waals surface area contributed by atoms with E-state index < -0.39 is 27.9 Å². The number of aliphatic imine (C=N–C) groups is 1. The average molecular weight is 668 g/mol. The molecule has 1 aliphatic carbocycles. The molecule has 0 unspecified atom stereocenters. The summed E-state index contributed by atoms with van der Waals surface area (Å²) in [5.74, 6) is -4.44. The van der Waals surface area contributed by atoms with Crippen molar-refractivity contribution in [3.63, 3.8) is 0 Å². The molecule has 1 aromatic carbocycles. The molecule has 1 saturated carbocycles. The fraction of sp³-hybridized carbons (Fsp3) is 0.500. The van der Waals surface area contributed by atoms with Gasteiger partial charge < -0.3 is 32.3 Å². The highest BCUT2D eigenvalue weighted by Gasteiger charge is 2.44. The van der Waals surface area contributed by atoms with Crippen molar-refractivity contribution in [2.75, 3.05) is 42.5 Å². The Balaban J connectivity index is 1.21. The van der Waals surface area contributed by atoms with Gasteiger partial charge in [0.25, 0.3) is 5.92 Å². The molecule has 0 bridgehead atoms. The third-order valence-corrected chi connectivity index (χ3v) is 10.6. The lowest BCUT2D eigenvalue weighted by molar-refractivity contribution is -0.117. The van der Waals surface area contributed by atoms with Gasteiger partial charge in [-0.1, -0.05) is 11.6 Å². The lowest BCUT2D eigenvalue weighted by atomic mass is 9.80. The molecule has 3 heterocycles. The Labute approximate surface area is 264 Å². The first-order valence-corrected chi connectivity index (χ1v) is 16.4. The van der Waals surface area contributed by atoms with Crippen LogP contribution in [0.15, 0.2) is 46.3 Å². The zero-order valence-electron chi connectivity index (χ0n) is 24.4. The summed E-state index contributed by atoms with van der Waals surface area (Å²) in [5.41, 5.74) is 16.6. The number of halogens is 3. The summed E-state index contributed by atoms with van der Waals surface area (Å²) in [7, 11) is -3.84. The summed E-state index contributed by atoms with van der Waals surface area (Å²) in [5, 5.41) is 2.54. The first-order chi connectivity index (χ1) is 21.2. The predicted molar refractivity (Wildman–Crippen MR) is 166 cm³/mol. The molecule has 7 N–H and O–H groups in total. The van der Waals surface area contributed by atoms with Crippen LogP contribution >= 0.6 is 11.6 Å². The number of benzene rings is 1. The second-order valence-corrected chi connectivity index (χ2v) is 13.9. The number of amides is 3. The Morgan fingerprint density at radius 1 is 1.04 bits per heavy atom. The molecular weight excluding hydrogens is 632 g/mol. The van der Waals surface area contributed by atoms with Gasteiger partial charge in [0.2, 0.25) is 15.9 Å². The van der Waals surface area contributed by atoms with E-state index in [1.165, 1.54) is 27.4 Å². The molecule has 13 nitrogen and oxygen atoms in total. The number of nitrogens with two attached hydrogens (primary N) is 3. The highest BCUT2D eigenvalue weighted by Crippen LogP contribution is 2.45. The monoisotopic (exact) mass is 667 g/mol. The number of aromatic nitrogens is 1. The van der Waals surface area contributed by atoms with Gasteiger partial charge in [-0.3, -0.25) is 4.79 Å². The summed E-state index contributed by atoms with van der Waals surface area (Å²) in [6, 6.07) is 7.30. The molecule has 244 valence electrons. The van der Waals surface area contributed by atoms with Crippen LogP contribution < -0.4 is 32.3 Å². The number of nitrogens with zero attached hydrogens (tertiary/aromatic N) is 5. The number of nitrogens with one attached hydrogen (secondary N) is 1. The predicted octanol–water partition coefficient (Wildman–Crippen LogP) is 1.94. The highest BCUT2D eigenvalue weighted by atomic mass is 35.5. The van der Waals surface area contributed by atoms with Gasteiger partial charge >= 0.3 is 6.03 Å². The number of guanidine groups is 1. The number of carbonyl (C=O) groups is 2. The van der Waals surface area contributed by atoms with E-state index in [0.717, 1.165) is 6.07 Å². The maximum absolute atomic E-state index is 15.7. The zero-order valence-corrected chi connectivity index (χ0v) is 26.0. The maximum atomic E-state index is 15.7. The van der Waals surface area contributed by atoms with Gasteiger partial charge in [0.1, 0.15) is 11.0 Å². The van der Waals surface area contributed by atoms with Gasteiger partial charge in [0.05, 0.1) is 4.90 Å². The number of hydrogen-bond acceptors (Lipinski definition) is 7. The smallest absolute Gasteiger partial charge is 0.344 e. The number of alkyl halides is 2. The fourth-order valence-corrected chi connectivity index (χ4v) is 7.71. The van der Waals surface area contributed by atoms with Crippen LogP contribution in [0.2, 0.25) is 5.15 Å². The summed E-state index contributed by atoms with van der Waals surface area (Å²) in [6.07, 6.45) is 1.24. The SMILES string of the molecule is NC(N)=NC(=O)NC1CCC(C(F)(F)c2cc(Cl)nc(N3CCN(S(=O)(=O)c4ccc(N5C[C@H](N)CC5=O)cc4)CC3)c2)CC1. The van der Waals surface area contributed by atoms with Gasteiger partial charge in [0.15, 0.2) is 5.96 Å². The molecule has 0 spiro atoms. The van der Waals surface area contributed by atoms with E-state index in [9.17, 15) is 18.0 Å². The van der Waals surface area contributed by atoms with E-state index in [1.807, 2.05) is 0 Å². The topological polar surface area (TPSA) is 193 Å². The summed E-state index contributed by atoms with van der Waals surface area (Å²) in [6.45, 7) is 1.03. The van der Waals surface area contributed by atoms with Crippen LogP contribution in [0.4, 0.5) is 25.1 Å². The minimum atomic E-state index is -3.84. The van der Waals surface area contributed by atoms with E-state index in [-0.39, 0.29) is 90.8 Å². The number of hydrogen-bond donors (Lipinski definition) is 4. The number of anilines is 2. The number of sulfonamides is 1. The van der Waals surface area contributed by atoms with Crippen molar-refractivity contribution in [2.24, 2.45) is 28.1 Å². The van der Waals surface area contributed by atoms with Crippen LogP contribution in [0.25, 0.3) is 0 Å². The number of urea groups is 1. The molecule has 1 atom stereocenters. The minimum Gasteiger partial charge on any atom is -0.370 e. The van der Waals surface area contributed by atoms with Gasteiger partial charge in [-0.05, 0) is 62.1 Å². The Morgan fingerprint density at radius 3 is 2.27 bits per heavy atom. The third kappa shape index (κ3) is 7.29. The average Bonchev–Trinajstić information content (AvgIpc) is 3.34. The van der Waals surface area contributed by atoms with E-state index in [0.29, 0.717) is 25.1 Å². The quantitative estimate of drug-likeness (QED) is 0.194. The molecule has 0 radical (unpaired) electrons. The Hall–Kier alpha value is -3.60. The summed E-state index contributed by atoms with van der Waals surface area (Å²) >= 11 is 6.21. The molecule has 3 fully saturated rings. The van der Waals surface area contributed by atoms with Gasteiger partial charge in [-0.2, -0.15) is 9.30 Å². The van der Waals surface area contributed by atoms with Crippen molar-refractivity contribution in [1.29, 1.82) is 0 Å². The largest absolute Gasteiger partial charge is 0.370 e. The highest BCUT2D eigenvalue weighted by molar-refractivity contribution is 7.89. The molecule has 2 aliphatic heterocycles. The molecule has 2 aromatic rings. The lowest BCUT2D eigenvalue weighted by Crippen LogP contribution is -2.49. The molecule has 1 aromatic heterocycles. The van der Waals surface area contributed by atoms with E-state index in [4.69, 9.17) is 28.8 Å². The normalized spacial score (nSPS) is 23.2. The number of rotatable bonds is 7. The molecule has 2 saturated heterocycles. The number of carbonyl (C=O) groups excluding carboxylic acids is 2. The molecule has 45 heavy (non-hydrogen) atoms. The summed E-state index contributed by atoms with van der Waals surface area (Å²) in [4.78, 5) is 35.0. The Kier molecular flexibility index (Phi) is 9.49. The van der Waals surface area contributed by atoms with Crippen LogP contribution in [0.3, 0.4) is 0 Å². The van der Waals surface area contributed by atoms with Crippen LogP contribution in [0.1, 0.15) is 37.7 Å². The Morgan fingerprint density at radius 2 is 1.69 bits per heavy atom. The Bertz CT molecular complexity index is 1560. The molecule has 17 heteroatoms. The lowest BCUT2D eigenvalue weighted by Gasteiger charge is -2.36. The molecular formula is C28H36ClF2N9O4S. The first kappa shape index (κ1) is 32.8. The van der Waals surface area contributed by atoms with E-state index in [2.05, 4.69) is 15.3 Å². The van der Waals surface area contributed by atoms with Crippen LogP contribution in [0, 0.1) is 5.92 Å². The van der Waals surface area contributed by atoms with Gasteiger partial charge in [-0.25, -0.2) is 27.0 Å².